The summed E-state index contributed by atoms with van der Waals surface area (Å²) in [7, 11) is 0. The third-order valence-electron chi connectivity index (χ3n) is 4.08. The summed E-state index contributed by atoms with van der Waals surface area (Å²) in [6, 6.07) is 10.5. The fourth-order valence-corrected chi connectivity index (χ4v) is 3.36. The van der Waals surface area contributed by atoms with Crippen molar-refractivity contribution in [2.75, 3.05) is 31.2 Å². The highest BCUT2D eigenvalue weighted by molar-refractivity contribution is 9.10. The summed E-state index contributed by atoms with van der Waals surface area (Å²) >= 11 is 3.53. The number of nitrogens with zero attached hydrogens (tertiary/aromatic N) is 3. The quantitative estimate of drug-likeness (QED) is 0.828. The fourth-order valence-electron chi connectivity index (χ4n) is 2.95. The molecule has 3 heterocycles. The summed E-state index contributed by atoms with van der Waals surface area (Å²) in [4.78, 5) is 11.5. The maximum absolute atomic E-state index is 5.41. The van der Waals surface area contributed by atoms with E-state index in [1.807, 2.05) is 12.3 Å². The van der Waals surface area contributed by atoms with E-state index in [0.29, 0.717) is 0 Å². The Balaban J connectivity index is 1.67. The van der Waals surface area contributed by atoms with Gasteiger partial charge >= 0.3 is 0 Å². The van der Waals surface area contributed by atoms with Crippen LogP contribution in [-0.4, -0.2) is 37.0 Å². The predicted molar refractivity (Wildman–Crippen MR) is 90.8 cm³/mol. The van der Waals surface area contributed by atoms with Crippen molar-refractivity contribution in [3.63, 3.8) is 0 Å². The summed E-state index contributed by atoms with van der Waals surface area (Å²) in [6.07, 6.45) is 1.87. The van der Waals surface area contributed by atoms with Gasteiger partial charge in [0.05, 0.1) is 25.5 Å². The Hall–Kier alpha value is -1.72. The summed E-state index contributed by atoms with van der Waals surface area (Å²) < 4.78 is 6.51. The highest BCUT2D eigenvalue weighted by atomic mass is 79.9. The standard InChI is InChI=1S/C17H16BrN3O/c18-14-1-2-15-13(9-14)11-20-17(15)12-3-4-19-16(10-12)21-5-7-22-8-6-21/h1-4,9-10H,5-8,11H2. The largest absolute Gasteiger partial charge is 0.378 e. The molecule has 1 aromatic carbocycles. The molecule has 112 valence electrons. The Morgan fingerprint density at radius 3 is 2.82 bits per heavy atom. The molecule has 22 heavy (non-hydrogen) atoms. The van der Waals surface area contributed by atoms with Gasteiger partial charge in [0.1, 0.15) is 5.82 Å². The van der Waals surface area contributed by atoms with Crippen LogP contribution >= 0.6 is 15.9 Å². The molecular weight excluding hydrogens is 342 g/mol. The summed E-state index contributed by atoms with van der Waals surface area (Å²) in [5.41, 5.74) is 4.70. The van der Waals surface area contributed by atoms with E-state index in [2.05, 4.69) is 50.1 Å². The zero-order valence-electron chi connectivity index (χ0n) is 12.1. The number of halogens is 1. The number of aromatic nitrogens is 1. The van der Waals surface area contributed by atoms with Crippen molar-refractivity contribution in [2.24, 2.45) is 4.99 Å². The van der Waals surface area contributed by atoms with Gasteiger partial charge in [-0.2, -0.15) is 0 Å². The Bertz CT molecular complexity index is 738. The summed E-state index contributed by atoms with van der Waals surface area (Å²) in [5.74, 6) is 1.01. The van der Waals surface area contributed by atoms with E-state index >= 15 is 0 Å². The third-order valence-corrected chi connectivity index (χ3v) is 4.58. The zero-order valence-corrected chi connectivity index (χ0v) is 13.7. The Morgan fingerprint density at radius 2 is 1.95 bits per heavy atom. The predicted octanol–water partition coefficient (Wildman–Crippen LogP) is 3.03. The molecule has 0 saturated carbocycles. The number of aliphatic imine (C=N–C) groups is 1. The lowest BCUT2D eigenvalue weighted by Crippen LogP contribution is -2.36. The van der Waals surface area contributed by atoms with Crippen LogP contribution in [0.5, 0.6) is 0 Å². The van der Waals surface area contributed by atoms with E-state index in [9.17, 15) is 0 Å². The van der Waals surface area contributed by atoms with Crippen LogP contribution in [-0.2, 0) is 11.3 Å². The van der Waals surface area contributed by atoms with Gasteiger partial charge in [0.2, 0.25) is 0 Å². The van der Waals surface area contributed by atoms with Crippen LogP contribution in [0.3, 0.4) is 0 Å². The normalized spacial score (nSPS) is 17.3. The molecular formula is C17H16BrN3O. The maximum atomic E-state index is 5.41. The van der Waals surface area contributed by atoms with Crippen LogP contribution in [0.25, 0.3) is 0 Å². The minimum absolute atomic E-state index is 0.749. The van der Waals surface area contributed by atoms with Crippen molar-refractivity contribution >= 4 is 27.5 Å². The van der Waals surface area contributed by atoms with E-state index in [1.165, 1.54) is 11.1 Å². The van der Waals surface area contributed by atoms with Gasteiger partial charge in [0.15, 0.2) is 0 Å². The number of rotatable bonds is 2. The van der Waals surface area contributed by atoms with Crippen molar-refractivity contribution in [2.45, 2.75) is 6.54 Å². The number of fused-ring (bicyclic) bond motifs is 1. The van der Waals surface area contributed by atoms with E-state index < -0.39 is 0 Å². The molecule has 0 atom stereocenters. The van der Waals surface area contributed by atoms with Gasteiger partial charge in [-0.05, 0) is 29.8 Å². The highest BCUT2D eigenvalue weighted by Crippen LogP contribution is 2.27. The number of morpholine rings is 1. The summed E-state index contributed by atoms with van der Waals surface area (Å²) in [6.45, 7) is 4.08. The van der Waals surface area contributed by atoms with Gasteiger partial charge in [0, 0.05) is 34.9 Å². The molecule has 0 spiro atoms. The van der Waals surface area contributed by atoms with Crippen molar-refractivity contribution in [1.82, 2.24) is 4.98 Å². The SMILES string of the molecule is Brc1ccc2c(c1)CN=C2c1ccnc(N2CCOCC2)c1. The van der Waals surface area contributed by atoms with Gasteiger partial charge in [0.25, 0.3) is 0 Å². The van der Waals surface area contributed by atoms with Gasteiger partial charge in [-0.15, -0.1) is 0 Å². The molecule has 1 saturated heterocycles. The second-order valence-electron chi connectivity index (χ2n) is 5.47. The number of ether oxygens (including phenoxy) is 1. The summed E-state index contributed by atoms with van der Waals surface area (Å²) in [5, 5.41) is 0. The lowest BCUT2D eigenvalue weighted by molar-refractivity contribution is 0.122. The molecule has 2 aliphatic heterocycles. The van der Waals surface area contributed by atoms with Gasteiger partial charge in [-0.3, -0.25) is 4.99 Å². The second kappa shape index (κ2) is 5.82. The average molecular weight is 358 g/mol. The number of hydrogen-bond acceptors (Lipinski definition) is 4. The first kappa shape index (κ1) is 13.9. The minimum atomic E-state index is 0.749. The highest BCUT2D eigenvalue weighted by Gasteiger charge is 2.19. The van der Waals surface area contributed by atoms with Gasteiger partial charge in [-0.25, -0.2) is 4.98 Å². The number of anilines is 1. The topological polar surface area (TPSA) is 37.7 Å². The molecule has 4 rings (SSSR count). The minimum Gasteiger partial charge on any atom is -0.378 e. The lowest BCUT2D eigenvalue weighted by Gasteiger charge is -2.28. The number of hydrogen-bond donors (Lipinski definition) is 0. The smallest absolute Gasteiger partial charge is 0.129 e. The maximum Gasteiger partial charge on any atom is 0.129 e. The Morgan fingerprint density at radius 1 is 1.09 bits per heavy atom. The van der Waals surface area contributed by atoms with Crippen LogP contribution in [0.1, 0.15) is 16.7 Å². The van der Waals surface area contributed by atoms with Crippen LogP contribution in [0.2, 0.25) is 0 Å². The van der Waals surface area contributed by atoms with Gasteiger partial charge < -0.3 is 9.64 Å². The second-order valence-corrected chi connectivity index (χ2v) is 6.38. The van der Waals surface area contributed by atoms with E-state index in [4.69, 9.17) is 9.73 Å². The molecule has 2 aromatic rings. The molecule has 5 heteroatoms. The molecule has 0 radical (unpaired) electrons. The molecule has 4 nitrogen and oxygen atoms in total. The van der Waals surface area contributed by atoms with E-state index in [0.717, 1.165) is 54.4 Å². The van der Waals surface area contributed by atoms with Crippen LogP contribution in [0, 0.1) is 0 Å². The first-order chi connectivity index (χ1) is 10.8. The van der Waals surface area contributed by atoms with Crippen LogP contribution in [0.4, 0.5) is 5.82 Å². The van der Waals surface area contributed by atoms with Crippen molar-refractivity contribution in [3.8, 4) is 0 Å². The molecule has 2 aliphatic rings. The number of pyridine rings is 1. The van der Waals surface area contributed by atoms with E-state index in [1.54, 1.807) is 0 Å². The van der Waals surface area contributed by atoms with Crippen molar-refractivity contribution in [3.05, 3.63) is 57.7 Å². The monoisotopic (exact) mass is 357 g/mol. The van der Waals surface area contributed by atoms with Crippen LogP contribution < -0.4 is 4.90 Å². The van der Waals surface area contributed by atoms with Gasteiger partial charge in [-0.1, -0.05) is 22.0 Å². The van der Waals surface area contributed by atoms with Crippen LogP contribution in [0.15, 0.2) is 46.0 Å². The molecule has 1 aromatic heterocycles. The molecule has 0 amide bonds. The van der Waals surface area contributed by atoms with Crippen molar-refractivity contribution in [1.29, 1.82) is 0 Å². The van der Waals surface area contributed by atoms with Crippen molar-refractivity contribution < 1.29 is 4.74 Å². The molecule has 0 aliphatic carbocycles. The molecule has 1 fully saturated rings. The number of benzene rings is 1. The molecule has 0 N–H and O–H groups in total. The Labute approximate surface area is 138 Å². The Kier molecular flexibility index (Phi) is 3.68. The zero-order chi connectivity index (χ0) is 14.9. The lowest BCUT2D eigenvalue weighted by atomic mass is 10.0. The molecule has 0 bridgehead atoms. The third kappa shape index (κ3) is 2.55. The first-order valence-corrected chi connectivity index (χ1v) is 8.23. The first-order valence-electron chi connectivity index (χ1n) is 7.43. The fraction of sp³-hybridized carbons (Fsp3) is 0.294. The average Bonchev–Trinajstić information content (AvgIpc) is 2.99. The molecule has 0 unspecified atom stereocenters. The van der Waals surface area contributed by atoms with E-state index in [-0.39, 0.29) is 0 Å².